The molecule has 3 aliphatic rings. The Hall–Kier alpha value is -5.88. The van der Waals surface area contributed by atoms with Crippen molar-refractivity contribution in [3.63, 3.8) is 0 Å². The Morgan fingerprint density at radius 2 is 0.924 bits per heavy atom. The molecule has 66 heavy (non-hydrogen) atoms. The SMILES string of the molecule is CN[C@@H](C)C(=O)NC1CCCCNC(=O)[C@H](Cc2ccccc2)NC(=O)C2CCCN2C(=O)[C@@H](NC(=O)[C@H](C)NC)CCCCNC(=O)[C@H](Cc2ccccc2)NC(=O)[C@@H]2CCCN2C1=O. The van der Waals surface area contributed by atoms with Crippen molar-refractivity contribution in [1.29, 1.82) is 0 Å². The van der Waals surface area contributed by atoms with Crippen LogP contribution >= 0.6 is 0 Å². The summed E-state index contributed by atoms with van der Waals surface area (Å²) in [5, 5.41) is 23.3. The Labute approximate surface area is 388 Å². The molecule has 3 fully saturated rings. The molecule has 3 saturated heterocycles. The molecule has 3 heterocycles. The Kier molecular flexibility index (Phi) is 19.9. The second-order valence-electron chi connectivity index (χ2n) is 17.6. The monoisotopic (exact) mass is 915 g/mol. The lowest BCUT2D eigenvalue weighted by molar-refractivity contribution is -0.142. The number of amides is 8. The first kappa shape index (κ1) is 51.1. The van der Waals surface area contributed by atoms with E-state index in [2.05, 4.69) is 42.5 Å². The molecule has 0 radical (unpaired) electrons. The van der Waals surface area contributed by atoms with E-state index in [9.17, 15) is 38.4 Å². The first-order chi connectivity index (χ1) is 31.8. The minimum atomic E-state index is -0.972. The zero-order valence-electron chi connectivity index (χ0n) is 38.9. The van der Waals surface area contributed by atoms with Crippen LogP contribution in [0.1, 0.15) is 89.2 Å². The second-order valence-corrected chi connectivity index (χ2v) is 17.6. The van der Waals surface area contributed by atoms with Crippen LogP contribution in [0.2, 0.25) is 0 Å². The molecule has 2 aromatic carbocycles. The summed E-state index contributed by atoms with van der Waals surface area (Å²) in [7, 11) is 3.28. The van der Waals surface area contributed by atoms with E-state index in [1.807, 2.05) is 60.7 Å². The van der Waals surface area contributed by atoms with Gasteiger partial charge < -0.3 is 52.3 Å². The third kappa shape index (κ3) is 14.6. The maximum Gasteiger partial charge on any atom is 0.245 e. The van der Waals surface area contributed by atoms with Crippen LogP contribution in [0.3, 0.4) is 0 Å². The molecule has 0 aliphatic carbocycles. The van der Waals surface area contributed by atoms with Crippen LogP contribution in [0.15, 0.2) is 60.7 Å². The summed E-state index contributed by atoms with van der Waals surface area (Å²) in [5.41, 5.74) is 1.64. The van der Waals surface area contributed by atoms with Crippen molar-refractivity contribution in [3.05, 3.63) is 71.8 Å². The summed E-state index contributed by atoms with van der Waals surface area (Å²) in [6.45, 7) is 4.36. The maximum absolute atomic E-state index is 14.3. The van der Waals surface area contributed by atoms with Gasteiger partial charge in [-0.2, -0.15) is 0 Å². The zero-order valence-corrected chi connectivity index (χ0v) is 38.9. The average Bonchev–Trinajstić information content (AvgIpc) is 4.03. The average molecular weight is 915 g/mol. The molecule has 8 amide bonds. The van der Waals surface area contributed by atoms with Crippen LogP contribution in [0.25, 0.3) is 0 Å². The Balaban J connectivity index is 1.41. The fourth-order valence-corrected chi connectivity index (χ4v) is 8.65. The first-order valence-corrected chi connectivity index (χ1v) is 23.6. The number of hydrogen-bond donors (Lipinski definition) is 8. The predicted octanol–water partition coefficient (Wildman–Crippen LogP) is 0.195. The molecule has 5 rings (SSSR count). The van der Waals surface area contributed by atoms with E-state index in [1.54, 1.807) is 27.9 Å². The van der Waals surface area contributed by atoms with Gasteiger partial charge in [0.1, 0.15) is 36.3 Å². The van der Waals surface area contributed by atoms with Gasteiger partial charge in [0.2, 0.25) is 47.3 Å². The number of rotatable bonds is 10. The number of carbonyl (C=O) groups excluding carboxylic acids is 8. The summed E-state index contributed by atoms with van der Waals surface area (Å²) >= 11 is 0. The largest absolute Gasteiger partial charge is 0.354 e. The highest BCUT2D eigenvalue weighted by molar-refractivity contribution is 5.96. The van der Waals surface area contributed by atoms with Gasteiger partial charge in [-0.1, -0.05) is 60.7 Å². The van der Waals surface area contributed by atoms with Gasteiger partial charge in [-0.25, -0.2) is 0 Å². The van der Waals surface area contributed by atoms with Gasteiger partial charge in [-0.15, -0.1) is 0 Å². The van der Waals surface area contributed by atoms with Crippen LogP contribution < -0.4 is 42.5 Å². The van der Waals surface area contributed by atoms with E-state index >= 15 is 0 Å². The third-order valence-electron chi connectivity index (χ3n) is 12.8. The molecule has 8 atom stereocenters. The molecule has 0 aromatic heterocycles. The van der Waals surface area contributed by atoms with Crippen LogP contribution in [0.5, 0.6) is 0 Å². The molecule has 0 spiro atoms. The van der Waals surface area contributed by atoms with Gasteiger partial charge in [0.15, 0.2) is 0 Å². The number of fused-ring (bicyclic) bond motifs is 2. The van der Waals surface area contributed by atoms with Crippen molar-refractivity contribution < 1.29 is 38.4 Å². The van der Waals surface area contributed by atoms with Crippen molar-refractivity contribution >= 4 is 47.3 Å². The standard InChI is InChI=1S/C48H70N10O8/c1-31(49-3)41(59)53-35-21-11-13-25-51-43(61)38(30-34-19-9-6-10-20-34)56-46(64)40-24-16-28-58(40)48(66)36(54-42(60)32(2)50-4)22-12-14-26-52-44(62)37(29-33-17-7-5-8-18-33)55-45(63)39-23-15-27-57(39)47(35)65/h5-10,17-20,31-32,35-40,49-50H,11-16,21-30H2,1-4H3,(H,51,61)(H,52,62)(H,53,59)(H,54,60)(H,55,63)(H,56,64)/t31-,32-,35-,36?,37-,38-,39?,40-/m0/s1. The van der Waals surface area contributed by atoms with Crippen LogP contribution in [-0.4, -0.2) is 146 Å². The van der Waals surface area contributed by atoms with Crippen LogP contribution in [0.4, 0.5) is 0 Å². The molecular formula is C48H70N10O8. The van der Waals surface area contributed by atoms with Gasteiger partial charge in [-0.05, 0) is 103 Å². The summed E-state index contributed by atoms with van der Waals surface area (Å²) in [4.78, 5) is 114. The lowest BCUT2D eigenvalue weighted by Crippen LogP contribution is -2.58. The molecule has 18 heteroatoms. The van der Waals surface area contributed by atoms with Gasteiger partial charge in [0.05, 0.1) is 12.1 Å². The molecule has 2 aromatic rings. The Bertz CT molecular complexity index is 1830. The molecule has 8 N–H and O–H groups in total. The molecule has 360 valence electrons. The zero-order chi connectivity index (χ0) is 47.6. The summed E-state index contributed by atoms with van der Waals surface area (Å²) in [6.07, 6.45) is 4.41. The van der Waals surface area contributed by atoms with Crippen molar-refractivity contribution in [2.24, 2.45) is 0 Å². The van der Waals surface area contributed by atoms with E-state index in [1.165, 1.54) is 9.80 Å². The third-order valence-corrected chi connectivity index (χ3v) is 12.8. The smallest absolute Gasteiger partial charge is 0.245 e. The lowest BCUT2D eigenvalue weighted by atomic mass is 10.0. The maximum atomic E-state index is 14.3. The van der Waals surface area contributed by atoms with E-state index in [0.717, 1.165) is 11.1 Å². The number of nitrogens with zero attached hydrogens (tertiary/aromatic N) is 2. The van der Waals surface area contributed by atoms with E-state index in [-0.39, 0.29) is 50.6 Å². The van der Waals surface area contributed by atoms with Crippen LogP contribution in [0, 0.1) is 0 Å². The second kappa shape index (κ2) is 25.7. The molecular weight excluding hydrogens is 845 g/mol. The summed E-state index contributed by atoms with van der Waals surface area (Å²) in [6, 6.07) is 11.8. The van der Waals surface area contributed by atoms with Crippen molar-refractivity contribution in [1.82, 2.24) is 52.3 Å². The summed E-state index contributed by atoms with van der Waals surface area (Å²) in [5.74, 6) is -3.34. The highest BCUT2D eigenvalue weighted by Gasteiger charge is 2.41. The van der Waals surface area contributed by atoms with E-state index in [4.69, 9.17) is 0 Å². The number of likely N-dealkylation sites (N-methyl/N-ethyl adjacent to an activating group) is 2. The highest BCUT2D eigenvalue weighted by atomic mass is 16.2. The topological polar surface area (TPSA) is 239 Å². The highest BCUT2D eigenvalue weighted by Crippen LogP contribution is 2.23. The van der Waals surface area contributed by atoms with Gasteiger partial charge >= 0.3 is 0 Å². The predicted molar refractivity (Wildman–Crippen MR) is 248 cm³/mol. The number of carbonyl (C=O) groups is 8. The number of nitrogens with one attached hydrogen (secondary N) is 8. The quantitative estimate of drug-likeness (QED) is 0.161. The van der Waals surface area contributed by atoms with Crippen molar-refractivity contribution in [2.45, 2.75) is 139 Å². The molecule has 3 aliphatic heterocycles. The fourth-order valence-electron chi connectivity index (χ4n) is 8.65. The van der Waals surface area contributed by atoms with Crippen molar-refractivity contribution in [2.75, 3.05) is 40.3 Å². The minimum absolute atomic E-state index is 0.194. The van der Waals surface area contributed by atoms with Gasteiger partial charge in [0, 0.05) is 39.0 Å². The van der Waals surface area contributed by atoms with Gasteiger partial charge in [-0.3, -0.25) is 38.4 Å². The normalized spacial score (nSPS) is 25.6. The number of benzene rings is 2. The lowest BCUT2D eigenvalue weighted by Gasteiger charge is -2.31. The fraction of sp³-hybridized carbons (Fsp3) is 0.583. The minimum Gasteiger partial charge on any atom is -0.354 e. The van der Waals surface area contributed by atoms with Gasteiger partial charge in [0.25, 0.3) is 0 Å². The molecule has 2 unspecified atom stereocenters. The molecule has 0 bridgehead atoms. The van der Waals surface area contributed by atoms with E-state index in [0.29, 0.717) is 64.5 Å². The number of hydrogen-bond acceptors (Lipinski definition) is 10. The Morgan fingerprint density at radius 1 is 0.545 bits per heavy atom. The first-order valence-electron chi connectivity index (χ1n) is 23.6. The van der Waals surface area contributed by atoms with Crippen molar-refractivity contribution in [3.8, 4) is 0 Å². The van der Waals surface area contributed by atoms with E-state index < -0.39 is 83.8 Å². The Morgan fingerprint density at radius 3 is 1.29 bits per heavy atom. The van der Waals surface area contributed by atoms with Crippen LogP contribution in [-0.2, 0) is 51.2 Å². The molecule has 0 saturated carbocycles. The summed E-state index contributed by atoms with van der Waals surface area (Å²) < 4.78 is 0. The molecule has 18 nitrogen and oxygen atoms in total.